The SMILES string of the molecule is Nc1ncnc2c1ncn2[C@@H]1O[C@@](CO)(C(F)F)[C@@H](O)[C@H]1F. The third-order valence-corrected chi connectivity index (χ3v) is 3.69. The van der Waals surface area contributed by atoms with Crippen LogP contribution in [0.25, 0.3) is 11.2 Å². The molecule has 4 N–H and O–H groups in total. The summed E-state index contributed by atoms with van der Waals surface area (Å²) < 4.78 is 46.5. The second-order valence-corrected chi connectivity index (χ2v) is 4.89. The molecule has 0 unspecified atom stereocenters. The van der Waals surface area contributed by atoms with Gasteiger partial charge >= 0.3 is 0 Å². The van der Waals surface area contributed by atoms with E-state index in [1.807, 2.05) is 0 Å². The summed E-state index contributed by atoms with van der Waals surface area (Å²) in [5.74, 6) is 0.0278. The quantitative estimate of drug-likeness (QED) is 0.706. The minimum atomic E-state index is -3.29. The van der Waals surface area contributed by atoms with E-state index in [0.29, 0.717) is 0 Å². The summed E-state index contributed by atoms with van der Waals surface area (Å²) in [6.07, 6.45) is -7.14. The molecule has 120 valence electrons. The standard InChI is InChI=1S/C11H12F3N5O3/c12-4-6(21)11(1-20,10(13)14)22-9(4)19-3-18-5-7(15)16-2-17-8(5)19/h2-4,6,9-10,20-21H,1H2,(H2,15,16,17)/t4-,6+,9-,11-/m1/s1. The molecule has 0 radical (unpaired) electrons. The Bertz CT molecular complexity index is 699. The molecular formula is C11H12F3N5O3. The number of anilines is 1. The minimum absolute atomic E-state index is 0.0278. The number of nitrogens with zero attached hydrogens (tertiary/aromatic N) is 4. The number of ether oxygens (including phenoxy) is 1. The van der Waals surface area contributed by atoms with E-state index in [1.54, 1.807) is 0 Å². The third kappa shape index (κ3) is 1.86. The molecule has 0 aliphatic carbocycles. The Balaban J connectivity index is 2.06. The van der Waals surface area contributed by atoms with Gasteiger partial charge in [0.05, 0.1) is 12.9 Å². The monoisotopic (exact) mass is 319 g/mol. The number of imidazole rings is 1. The van der Waals surface area contributed by atoms with Crippen LogP contribution in [0.15, 0.2) is 12.7 Å². The van der Waals surface area contributed by atoms with E-state index < -0.39 is 37.1 Å². The van der Waals surface area contributed by atoms with Gasteiger partial charge in [-0.3, -0.25) is 4.57 Å². The van der Waals surface area contributed by atoms with Crippen molar-refractivity contribution in [2.75, 3.05) is 12.3 Å². The number of aromatic nitrogens is 4. The molecule has 1 saturated heterocycles. The highest BCUT2D eigenvalue weighted by molar-refractivity contribution is 5.81. The minimum Gasteiger partial charge on any atom is -0.393 e. The van der Waals surface area contributed by atoms with Gasteiger partial charge in [0, 0.05) is 0 Å². The van der Waals surface area contributed by atoms with Crippen LogP contribution >= 0.6 is 0 Å². The molecule has 4 atom stereocenters. The van der Waals surface area contributed by atoms with E-state index >= 15 is 0 Å². The summed E-state index contributed by atoms with van der Waals surface area (Å²) in [5.41, 5.74) is 3.09. The lowest BCUT2D eigenvalue weighted by atomic mass is 9.97. The zero-order valence-electron chi connectivity index (χ0n) is 11.0. The average molecular weight is 319 g/mol. The summed E-state index contributed by atoms with van der Waals surface area (Å²) in [6, 6.07) is 0. The number of nitrogens with two attached hydrogens (primary N) is 1. The van der Waals surface area contributed by atoms with E-state index in [4.69, 9.17) is 15.6 Å². The highest BCUT2D eigenvalue weighted by atomic mass is 19.3. The molecule has 11 heteroatoms. The van der Waals surface area contributed by atoms with Gasteiger partial charge in [0.2, 0.25) is 0 Å². The van der Waals surface area contributed by atoms with E-state index in [1.165, 1.54) is 0 Å². The Labute approximate surface area is 121 Å². The first-order valence-electron chi connectivity index (χ1n) is 6.24. The molecule has 0 aromatic carbocycles. The van der Waals surface area contributed by atoms with Crippen LogP contribution in [0.1, 0.15) is 6.23 Å². The second kappa shape index (κ2) is 5.04. The zero-order chi connectivity index (χ0) is 16.1. The van der Waals surface area contributed by atoms with Crippen molar-refractivity contribution in [3.63, 3.8) is 0 Å². The fourth-order valence-electron chi connectivity index (χ4n) is 2.43. The normalized spacial score (nSPS) is 32.2. The van der Waals surface area contributed by atoms with Crippen molar-refractivity contribution in [1.82, 2.24) is 19.5 Å². The van der Waals surface area contributed by atoms with Crippen LogP contribution in [0.2, 0.25) is 0 Å². The van der Waals surface area contributed by atoms with Gasteiger partial charge in [-0.05, 0) is 0 Å². The lowest BCUT2D eigenvalue weighted by Crippen LogP contribution is -2.51. The lowest BCUT2D eigenvalue weighted by molar-refractivity contribution is -0.194. The van der Waals surface area contributed by atoms with Crippen LogP contribution < -0.4 is 5.73 Å². The van der Waals surface area contributed by atoms with Gasteiger partial charge in [-0.2, -0.15) is 0 Å². The van der Waals surface area contributed by atoms with Gasteiger partial charge in [-0.1, -0.05) is 0 Å². The Kier molecular flexibility index (Phi) is 3.42. The van der Waals surface area contributed by atoms with E-state index in [-0.39, 0.29) is 17.0 Å². The van der Waals surface area contributed by atoms with Crippen LogP contribution in [0.5, 0.6) is 0 Å². The first-order chi connectivity index (χ1) is 10.4. The molecule has 1 aliphatic rings. The van der Waals surface area contributed by atoms with Gasteiger partial charge in [0.15, 0.2) is 29.5 Å². The van der Waals surface area contributed by atoms with Crippen molar-refractivity contribution >= 4 is 17.0 Å². The predicted molar refractivity (Wildman–Crippen MR) is 66.6 cm³/mol. The van der Waals surface area contributed by atoms with Crippen LogP contribution in [-0.2, 0) is 4.74 Å². The third-order valence-electron chi connectivity index (χ3n) is 3.69. The number of rotatable bonds is 3. The Hall–Kier alpha value is -1.98. The maximum atomic E-state index is 14.3. The van der Waals surface area contributed by atoms with Gasteiger partial charge < -0.3 is 20.7 Å². The number of nitrogen functional groups attached to an aromatic ring is 1. The smallest absolute Gasteiger partial charge is 0.272 e. The molecule has 0 bridgehead atoms. The van der Waals surface area contributed by atoms with Crippen molar-refractivity contribution < 1.29 is 28.1 Å². The van der Waals surface area contributed by atoms with Gasteiger partial charge in [0.1, 0.15) is 17.9 Å². The number of fused-ring (bicyclic) bond motifs is 1. The van der Waals surface area contributed by atoms with Crippen LogP contribution in [0.3, 0.4) is 0 Å². The highest BCUT2D eigenvalue weighted by Gasteiger charge is 2.61. The van der Waals surface area contributed by atoms with Crippen LogP contribution in [0, 0.1) is 0 Å². The summed E-state index contributed by atoms with van der Waals surface area (Å²) in [6.45, 7) is -1.24. The molecule has 8 nitrogen and oxygen atoms in total. The Morgan fingerprint density at radius 3 is 2.73 bits per heavy atom. The number of halogens is 3. The molecule has 3 rings (SSSR count). The largest absolute Gasteiger partial charge is 0.393 e. The fourth-order valence-corrected chi connectivity index (χ4v) is 2.43. The number of hydrogen-bond acceptors (Lipinski definition) is 7. The fraction of sp³-hybridized carbons (Fsp3) is 0.545. The summed E-state index contributed by atoms with van der Waals surface area (Å²) in [7, 11) is 0. The molecular weight excluding hydrogens is 307 g/mol. The summed E-state index contributed by atoms with van der Waals surface area (Å²) >= 11 is 0. The second-order valence-electron chi connectivity index (χ2n) is 4.89. The maximum absolute atomic E-state index is 14.3. The molecule has 0 saturated carbocycles. The highest BCUT2D eigenvalue weighted by Crippen LogP contribution is 2.43. The molecule has 1 fully saturated rings. The van der Waals surface area contributed by atoms with Crippen molar-refractivity contribution in [1.29, 1.82) is 0 Å². The molecule has 0 spiro atoms. The number of aliphatic hydroxyl groups is 2. The molecule has 2 aromatic heterocycles. The Morgan fingerprint density at radius 2 is 2.14 bits per heavy atom. The molecule has 0 amide bonds. The van der Waals surface area contributed by atoms with Crippen LogP contribution in [-0.4, -0.2) is 60.6 Å². The van der Waals surface area contributed by atoms with E-state index in [9.17, 15) is 18.3 Å². The number of hydrogen-bond donors (Lipinski definition) is 3. The topological polar surface area (TPSA) is 119 Å². The number of aliphatic hydroxyl groups excluding tert-OH is 2. The Morgan fingerprint density at radius 1 is 1.41 bits per heavy atom. The molecule has 22 heavy (non-hydrogen) atoms. The first kappa shape index (κ1) is 14.9. The van der Waals surface area contributed by atoms with Crippen molar-refractivity contribution in [3.8, 4) is 0 Å². The van der Waals surface area contributed by atoms with Gasteiger partial charge in [-0.15, -0.1) is 0 Å². The van der Waals surface area contributed by atoms with Crippen LogP contribution in [0.4, 0.5) is 19.0 Å². The maximum Gasteiger partial charge on any atom is 0.272 e. The summed E-state index contributed by atoms with van der Waals surface area (Å²) in [5, 5.41) is 18.9. The first-order valence-corrected chi connectivity index (χ1v) is 6.24. The molecule has 3 heterocycles. The van der Waals surface area contributed by atoms with E-state index in [2.05, 4.69) is 15.0 Å². The van der Waals surface area contributed by atoms with Gasteiger partial charge in [-0.25, -0.2) is 28.1 Å². The van der Waals surface area contributed by atoms with Crippen molar-refractivity contribution in [3.05, 3.63) is 12.7 Å². The molecule has 2 aromatic rings. The summed E-state index contributed by atoms with van der Waals surface area (Å²) in [4.78, 5) is 11.4. The van der Waals surface area contributed by atoms with Crippen molar-refractivity contribution in [2.45, 2.75) is 30.5 Å². The average Bonchev–Trinajstić information content (AvgIpc) is 3.02. The number of alkyl halides is 3. The zero-order valence-corrected chi connectivity index (χ0v) is 11.0. The van der Waals surface area contributed by atoms with Crippen molar-refractivity contribution in [2.24, 2.45) is 0 Å². The molecule has 1 aliphatic heterocycles. The lowest BCUT2D eigenvalue weighted by Gasteiger charge is -2.28. The van der Waals surface area contributed by atoms with E-state index in [0.717, 1.165) is 17.2 Å². The van der Waals surface area contributed by atoms with Gasteiger partial charge in [0.25, 0.3) is 6.43 Å². The predicted octanol–water partition coefficient (Wildman–Crippen LogP) is -0.368.